The third-order valence-corrected chi connectivity index (χ3v) is 11.9. The number of carbonyl (C=O) groups is 2. The highest BCUT2D eigenvalue weighted by Gasteiger charge is 2.16. The minimum Gasteiger partial charge on any atom is -0.462 e. The molecule has 1 atom stereocenters. The minimum atomic E-state index is -0.762. The summed E-state index contributed by atoms with van der Waals surface area (Å²) in [5, 5.41) is 9.61. The maximum atomic E-state index is 12.2. The van der Waals surface area contributed by atoms with Gasteiger partial charge in [0, 0.05) is 12.8 Å². The Morgan fingerprint density at radius 2 is 0.554 bits per heavy atom. The van der Waals surface area contributed by atoms with Gasteiger partial charge in [0.25, 0.3) is 0 Å². The number of aliphatic hydroxyl groups excluding tert-OH is 1. The van der Waals surface area contributed by atoms with Gasteiger partial charge in [0.1, 0.15) is 6.61 Å². The van der Waals surface area contributed by atoms with Crippen LogP contribution in [0.3, 0.4) is 0 Å². The molecule has 0 aromatic heterocycles. The van der Waals surface area contributed by atoms with Crippen molar-refractivity contribution in [3.63, 3.8) is 0 Å². The van der Waals surface area contributed by atoms with E-state index in [4.69, 9.17) is 9.47 Å². The Kier molecular flexibility index (Phi) is 47.3. The summed E-state index contributed by atoms with van der Waals surface area (Å²) in [4.78, 5) is 24.4. The van der Waals surface area contributed by atoms with Crippen LogP contribution >= 0.6 is 0 Å². The van der Waals surface area contributed by atoms with Gasteiger partial charge in [0.05, 0.1) is 6.61 Å². The van der Waals surface area contributed by atoms with Crippen LogP contribution in [-0.4, -0.2) is 36.4 Å². The fraction of sp³-hybridized carbons (Fsp3) is 0.961. The van der Waals surface area contributed by atoms with Crippen molar-refractivity contribution < 1.29 is 24.2 Å². The first-order valence-electron chi connectivity index (χ1n) is 25.6. The molecular formula is C51H100O5. The first-order chi connectivity index (χ1) is 27.6. The summed E-state index contributed by atoms with van der Waals surface area (Å²) in [6.45, 7) is 4.19. The van der Waals surface area contributed by atoms with E-state index in [2.05, 4.69) is 13.8 Å². The van der Waals surface area contributed by atoms with E-state index in [9.17, 15) is 14.7 Å². The van der Waals surface area contributed by atoms with Gasteiger partial charge in [-0.25, -0.2) is 0 Å². The van der Waals surface area contributed by atoms with Gasteiger partial charge in [-0.3, -0.25) is 9.59 Å². The molecule has 5 heteroatoms. The zero-order chi connectivity index (χ0) is 40.7. The van der Waals surface area contributed by atoms with Crippen molar-refractivity contribution in [3.8, 4) is 0 Å². The van der Waals surface area contributed by atoms with Crippen molar-refractivity contribution in [1.82, 2.24) is 0 Å². The van der Waals surface area contributed by atoms with Crippen molar-refractivity contribution in [2.24, 2.45) is 0 Å². The Labute approximate surface area is 350 Å². The third kappa shape index (κ3) is 45.6. The van der Waals surface area contributed by atoms with Crippen LogP contribution in [0.2, 0.25) is 0 Å². The van der Waals surface area contributed by atoms with Crippen LogP contribution in [0.15, 0.2) is 0 Å². The van der Waals surface area contributed by atoms with Crippen LogP contribution in [-0.2, 0) is 19.1 Å². The molecule has 0 amide bonds. The van der Waals surface area contributed by atoms with Crippen molar-refractivity contribution in [1.29, 1.82) is 0 Å². The van der Waals surface area contributed by atoms with E-state index in [1.165, 1.54) is 238 Å². The van der Waals surface area contributed by atoms with Gasteiger partial charge in [-0.2, -0.15) is 0 Å². The topological polar surface area (TPSA) is 72.8 Å². The molecule has 1 N–H and O–H groups in total. The third-order valence-electron chi connectivity index (χ3n) is 11.9. The molecule has 0 saturated carbocycles. The number of hydrogen-bond donors (Lipinski definition) is 1. The van der Waals surface area contributed by atoms with Crippen LogP contribution in [0, 0.1) is 0 Å². The summed E-state index contributed by atoms with van der Waals surface area (Å²) in [7, 11) is 0. The van der Waals surface area contributed by atoms with E-state index in [0.29, 0.717) is 12.8 Å². The number of unbranched alkanes of at least 4 members (excludes halogenated alkanes) is 40. The number of aliphatic hydroxyl groups is 1. The van der Waals surface area contributed by atoms with Crippen LogP contribution in [0.25, 0.3) is 0 Å². The maximum Gasteiger partial charge on any atom is 0.306 e. The average molecular weight is 793 g/mol. The van der Waals surface area contributed by atoms with Crippen LogP contribution in [0.1, 0.15) is 296 Å². The monoisotopic (exact) mass is 793 g/mol. The van der Waals surface area contributed by atoms with Crippen molar-refractivity contribution in [2.45, 2.75) is 302 Å². The molecule has 56 heavy (non-hydrogen) atoms. The largest absolute Gasteiger partial charge is 0.462 e. The molecule has 5 nitrogen and oxygen atoms in total. The van der Waals surface area contributed by atoms with Crippen molar-refractivity contribution in [3.05, 3.63) is 0 Å². The van der Waals surface area contributed by atoms with Crippen LogP contribution < -0.4 is 0 Å². The Morgan fingerprint density at radius 1 is 0.339 bits per heavy atom. The van der Waals surface area contributed by atoms with Gasteiger partial charge in [0.15, 0.2) is 6.10 Å². The summed E-state index contributed by atoms with van der Waals surface area (Å²) < 4.78 is 10.7. The van der Waals surface area contributed by atoms with Gasteiger partial charge >= 0.3 is 11.9 Å². The summed E-state index contributed by atoms with van der Waals surface area (Å²) >= 11 is 0. The average Bonchev–Trinajstić information content (AvgIpc) is 3.20. The first kappa shape index (κ1) is 54.9. The molecule has 0 aliphatic carbocycles. The molecule has 0 saturated heterocycles. The molecule has 0 spiro atoms. The molecule has 0 aromatic rings. The molecular weight excluding hydrogens is 693 g/mol. The fourth-order valence-electron chi connectivity index (χ4n) is 8.03. The van der Waals surface area contributed by atoms with Gasteiger partial charge in [-0.15, -0.1) is 0 Å². The minimum absolute atomic E-state index is 0.0563. The summed E-state index contributed by atoms with van der Waals surface area (Å²) in [6, 6.07) is 0. The number of rotatable bonds is 48. The highest BCUT2D eigenvalue weighted by molar-refractivity contribution is 5.70. The van der Waals surface area contributed by atoms with Gasteiger partial charge < -0.3 is 14.6 Å². The lowest BCUT2D eigenvalue weighted by molar-refractivity contribution is -0.161. The second-order valence-electron chi connectivity index (χ2n) is 17.6. The molecule has 0 aliphatic rings. The lowest BCUT2D eigenvalue weighted by atomic mass is 10.0. The summed E-state index contributed by atoms with van der Waals surface area (Å²) in [6.07, 6.45) is 56.4. The van der Waals surface area contributed by atoms with E-state index in [-0.39, 0.29) is 25.2 Å². The molecule has 0 aliphatic heterocycles. The normalized spacial score (nSPS) is 12.0. The van der Waals surface area contributed by atoms with Crippen LogP contribution in [0.4, 0.5) is 0 Å². The van der Waals surface area contributed by atoms with E-state index >= 15 is 0 Å². The van der Waals surface area contributed by atoms with Crippen molar-refractivity contribution >= 4 is 11.9 Å². The Morgan fingerprint density at radius 3 is 0.786 bits per heavy atom. The molecule has 0 fully saturated rings. The van der Waals surface area contributed by atoms with E-state index in [1.807, 2.05) is 0 Å². The molecule has 0 aromatic carbocycles. The Hall–Kier alpha value is -1.10. The second-order valence-corrected chi connectivity index (χ2v) is 17.6. The smallest absolute Gasteiger partial charge is 0.306 e. The second kappa shape index (κ2) is 48.3. The number of carbonyl (C=O) groups excluding carboxylic acids is 2. The molecule has 0 heterocycles. The Balaban J connectivity index is 3.38. The molecule has 1 unspecified atom stereocenters. The molecule has 0 bridgehead atoms. The fourth-order valence-corrected chi connectivity index (χ4v) is 8.03. The highest BCUT2D eigenvalue weighted by atomic mass is 16.6. The summed E-state index contributed by atoms with van der Waals surface area (Å²) in [5.74, 6) is -0.568. The SMILES string of the molecule is CCCCCCCCCCCCCCCCCCCCCCCCCCCCCCC(=O)OC(CO)COC(=O)CCCCCCCCCCCCCCCC. The Bertz CT molecular complexity index is 769. The van der Waals surface area contributed by atoms with E-state index in [0.717, 1.165) is 32.1 Å². The predicted molar refractivity (Wildman–Crippen MR) is 242 cm³/mol. The number of ether oxygens (including phenoxy) is 2. The van der Waals surface area contributed by atoms with Crippen molar-refractivity contribution in [2.75, 3.05) is 13.2 Å². The molecule has 334 valence electrons. The van der Waals surface area contributed by atoms with Gasteiger partial charge in [-0.1, -0.05) is 271 Å². The molecule has 0 radical (unpaired) electrons. The first-order valence-corrected chi connectivity index (χ1v) is 25.6. The van der Waals surface area contributed by atoms with E-state index in [1.54, 1.807) is 0 Å². The summed E-state index contributed by atoms with van der Waals surface area (Å²) in [5.41, 5.74) is 0. The maximum absolute atomic E-state index is 12.2. The number of hydrogen-bond acceptors (Lipinski definition) is 5. The zero-order valence-corrected chi connectivity index (χ0v) is 38.2. The number of esters is 2. The van der Waals surface area contributed by atoms with Gasteiger partial charge in [-0.05, 0) is 12.8 Å². The standard InChI is InChI=1S/C51H100O5/c1-3-5-7-9-11-13-15-17-19-20-21-22-23-24-25-26-27-28-29-30-31-32-34-36-38-40-42-44-46-51(54)56-49(47-52)48-55-50(53)45-43-41-39-37-35-33-18-16-14-12-10-8-6-4-2/h49,52H,3-48H2,1-2H3. The predicted octanol–water partition coefficient (Wildman–Crippen LogP) is 16.6. The lowest BCUT2D eigenvalue weighted by Crippen LogP contribution is -2.28. The van der Waals surface area contributed by atoms with Gasteiger partial charge in [0.2, 0.25) is 0 Å². The van der Waals surface area contributed by atoms with Crippen LogP contribution in [0.5, 0.6) is 0 Å². The highest BCUT2D eigenvalue weighted by Crippen LogP contribution is 2.17. The lowest BCUT2D eigenvalue weighted by Gasteiger charge is -2.15. The zero-order valence-electron chi connectivity index (χ0n) is 38.2. The quantitative estimate of drug-likeness (QED) is 0.0491. The molecule has 0 rings (SSSR count). The van der Waals surface area contributed by atoms with E-state index < -0.39 is 6.10 Å².